The number of pyridine rings is 1. The molecule has 0 aromatic carbocycles. The van der Waals surface area contributed by atoms with Gasteiger partial charge in [0.1, 0.15) is 5.82 Å². The first-order valence-electron chi connectivity index (χ1n) is 5.28. The van der Waals surface area contributed by atoms with Gasteiger partial charge in [0.15, 0.2) is 0 Å². The Morgan fingerprint density at radius 3 is 2.94 bits per heavy atom. The van der Waals surface area contributed by atoms with E-state index in [1.807, 2.05) is 11.8 Å². The average molecular weight is 319 g/mol. The van der Waals surface area contributed by atoms with Crippen LogP contribution >= 0.6 is 27.5 Å². The van der Waals surface area contributed by atoms with Gasteiger partial charge in [0.2, 0.25) is 5.91 Å². The molecular weight excluding hydrogens is 305 g/mol. The molecule has 1 unspecified atom stereocenters. The van der Waals surface area contributed by atoms with E-state index >= 15 is 0 Å². The van der Waals surface area contributed by atoms with Crippen molar-refractivity contribution in [2.75, 3.05) is 18.0 Å². The highest BCUT2D eigenvalue weighted by Crippen LogP contribution is 2.35. The van der Waals surface area contributed by atoms with E-state index in [4.69, 9.17) is 17.3 Å². The average Bonchev–Trinajstić information content (AvgIpc) is 2.62. The highest BCUT2D eigenvalue weighted by molar-refractivity contribution is 9.10. The van der Waals surface area contributed by atoms with Gasteiger partial charge in [-0.25, -0.2) is 4.98 Å². The monoisotopic (exact) mass is 317 g/mol. The molecular formula is C11H13BrClN3O. The van der Waals surface area contributed by atoms with Crippen molar-refractivity contribution in [2.24, 2.45) is 11.1 Å². The molecule has 1 aliphatic rings. The number of anilines is 1. The molecule has 1 aromatic heterocycles. The Hall–Kier alpha value is -0.810. The lowest BCUT2D eigenvalue weighted by molar-refractivity contribution is -0.125. The van der Waals surface area contributed by atoms with Crippen LogP contribution in [0.3, 0.4) is 0 Å². The predicted octanol–water partition coefficient (Wildman–Crippen LogP) is 2.20. The molecule has 2 rings (SSSR count). The summed E-state index contributed by atoms with van der Waals surface area (Å²) in [6.07, 6.45) is 2.43. The molecule has 92 valence electrons. The number of carbonyl (C=O) groups is 1. The Morgan fingerprint density at radius 2 is 2.41 bits per heavy atom. The van der Waals surface area contributed by atoms with Crippen LogP contribution in [-0.4, -0.2) is 24.0 Å². The summed E-state index contributed by atoms with van der Waals surface area (Å²) < 4.78 is 0.836. The summed E-state index contributed by atoms with van der Waals surface area (Å²) >= 11 is 9.44. The smallest absolute Gasteiger partial charge is 0.225 e. The summed E-state index contributed by atoms with van der Waals surface area (Å²) in [5.41, 5.74) is 4.92. The number of aromatic nitrogens is 1. The zero-order chi connectivity index (χ0) is 12.6. The quantitative estimate of drug-likeness (QED) is 0.909. The Bertz CT molecular complexity index is 468. The van der Waals surface area contributed by atoms with E-state index in [-0.39, 0.29) is 5.91 Å². The van der Waals surface area contributed by atoms with Gasteiger partial charge in [0.05, 0.1) is 10.4 Å². The maximum atomic E-state index is 11.4. The number of hydrogen-bond donors (Lipinski definition) is 1. The molecule has 1 saturated heterocycles. The first kappa shape index (κ1) is 12.6. The van der Waals surface area contributed by atoms with Gasteiger partial charge < -0.3 is 10.6 Å². The van der Waals surface area contributed by atoms with Crippen molar-refractivity contribution in [2.45, 2.75) is 13.3 Å². The summed E-state index contributed by atoms with van der Waals surface area (Å²) in [6.45, 7) is 3.19. The maximum Gasteiger partial charge on any atom is 0.225 e. The first-order chi connectivity index (χ1) is 7.92. The minimum absolute atomic E-state index is 0.270. The number of hydrogen-bond acceptors (Lipinski definition) is 3. The SMILES string of the molecule is CC1(C(N)=O)CCN(c2ncc(Br)cc2Cl)C1. The zero-order valence-electron chi connectivity index (χ0n) is 9.41. The number of nitrogens with two attached hydrogens (primary N) is 1. The van der Waals surface area contributed by atoms with Crippen LogP contribution in [0.1, 0.15) is 13.3 Å². The van der Waals surface area contributed by atoms with Gasteiger partial charge in [-0.2, -0.15) is 0 Å². The van der Waals surface area contributed by atoms with Crippen molar-refractivity contribution in [3.05, 3.63) is 21.8 Å². The van der Waals surface area contributed by atoms with Crippen LogP contribution < -0.4 is 10.6 Å². The van der Waals surface area contributed by atoms with Gasteiger partial charge >= 0.3 is 0 Å². The minimum Gasteiger partial charge on any atom is -0.369 e. The molecule has 1 aliphatic heterocycles. The third-order valence-electron chi connectivity index (χ3n) is 3.16. The second-order valence-electron chi connectivity index (χ2n) is 4.56. The van der Waals surface area contributed by atoms with E-state index in [2.05, 4.69) is 20.9 Å². The van der Waals surface area contributed by atoms with Crippen LogP contribution in [0.5, 0.6) is 0 Å². The molecule has 17 heavy (non-hydrogen) atoms. The van der Waals surface area contributed by atoms with Crippen LogP contribution in [0.4, 0.5) is 5.82 Å². The molecule has 2 heterocycles. The van der Waals surface area contributed by atoms with Crippen LogP contribution in [0.25, 0.3) is 0 Å². The standard InChI is InChI=1S/C11H13BrClN3O/c1-11(10(14)17)2-3-16(6-11)9-8(13)4-7(12)5-15-9/h4-5H,2-3,6H2,1H3,(H2,14,17). The molecule has 0 spiro atoms. The van der Waals surface area contributed by atoms with Crippen LogP contribution in [0.2, 0.25) is 5.02 Å². The molecule has 1 aromatic rings. The summed E-state index contributed by atoms with van der Waals surface area (Å²) in [5, 5.41) is 0.577. The van der Waals surface area contributed by atoms with Crippen molar-refractivity contribution < 1.29 is 4.79 Å². The highest BCUT2D eigenvalue weighted by atomic mass is 79.9. The van der Waals surface area contributed by atoms with Crippen molar-refractivity contribution >= 4 is 39.3 Å². The van der Waals surface area contributed by atoms with Crippen LogP contribution in [-0.2, 0) is 4.79 Å². The van der Waals surface area contributed by atoms with E-state index in [0.717, 1.165) is 17.4 Å². The van der Waals surface area contributed by atoms with Crippen LogP contribution in [0.15, 0.2) is 16.7 Å². The molecule has 0 aliphatic carbocycles. The number of primary amides is 1. The Kier molecular flexibility index (Phi) is 3.32. The van der Waals surface area contributed by atoms with Gasteiger partial charge in [-0.3, -0.25) is 4.79 Å². The Balaban J connectivity index is 2.24. The van der Waals surface area contributed by atoms with Crippen molar-refractivity contribution in [3.63, 3.8) is 0 Å². The molecule has 0 saturated carbocycles. The first-order valence-corrected chi connectivity index (χ1v) is 6.45. The van der Waals surface area contributed by atoms with Gasteiger partial charge in [0.25, 0.3) is 0 Å². The van der Waals surface area contributed by atoms with Gasteiger partial charge in [0, 0.05) is 23.8 Å². The molecule has 1 amide bonds. The number of amides is 1. The van der Waals surface area contributed by atoms with Crippen LogP contribution in [0, 0.1) is 5.41 Å². The summed E-state index contributed by atoms with van der Waals surface area (Å²) in [7, 11) is 0. The molecule has 1 fully saturated rings. The molecule has 4 nitrogen and oxygen atoms in total. The molecule has 0 radical (unpaired) electrons. The lowest BCUT2D eigenvalue weighted by Crippen LogP contribution is -2.37. The topological polar surface area (TPSA) is 59.2 Å². The minimum atomic E-state index is -0.488. The Morgan fingerprint density at radius 1 is 1.71 bits per heavy atom. The van der Waals surface area contributed by atoms with Crippen molar-refractivity contribution in [1.29, 1.82) is 0 Å². The lowest BCUT2D eigenvalue weighted by Gasteiger charge is -2.22. The third-order valence-corrected chi connectivity index (χ3v) is 3.87. The highest BCUT2D eigenvalue weighted by Gasteiger charge is 2.39. The molecule has 6 heteroatoms. The van der Waals surface area contributed by atoms with E-state index in [1.165, 1.54) is 0 Å². The Labute approximate surface area is 113 Å². The fraction of sp³-hybridized carbons (Fsp3) is 0.455. The second kappa shape index (κ2) is 4.46. The van der Waals surface area contributed by atoms with Crippen molar-refractivity contribution in [3.8, 4) is 0 Å². The zero-order valence-corrected chi connectivity index (χ0v) is 11.8. The predicted molar refractivity (Wildman–Crippen MR) is 71.1 cm³/mol. The fourth-order valence-corrected chi connectivity index (χ4v) is 2.73. The molecule has 0 bridgehead atoms. The van der Waals surface area contributed by atoms with E-state index in [1.54, 1.807) is 12.3 Å². The third kappa shape index (κ3) is 2.40. The van der Waals surface area contributed by atoms with Crippen molar-refractivity contribution in [1.82, 2.24) is 4.98 Å². The van der Waals surface area contributed by atoms with E-state index in [9.17, 15) is 4.79 Å². The number of rotatable bonds is 2. The van der Waals surface area contributed by atoms with E-state index in [0.29, 0.717) is 17.4 Å². The number of carbonyl (C=O) groups excluding carboxylic acids is 1. The largest absolute Gasteiger partial charge is 0.369 e. The summed E-state index contributed by atoms with van der Waals surface area (Å²) in [4.78, 5) is 17.7. The number of nitrogens with zero attached hydrogens (tertiary/aromatic N) is 2. The second-order valence-corrected chi connectivity index (χ2v) is 5.88. The number of halogens is 2. The summed E-state index contributed by atoms with van der Waals surface area (Å²) in [6, 6.07) is 1.80. The van der Waals surface area contributed by atoms with Gasteiger partial charge in [-0.05, 0) is 35.3 Å². The fourth-order valence-electron chi connectivity index (χ4n) is 1.98. The molecule has 2 N–H and O–H groups in total. The normalized spacial score (nSPS) is 24.1. The summed E-state index contributed by atoms with van der Waals surface area (Å²) in [5.74, 6) is 0.438. The molecule has 1 atom stereocenters. The van der Waals surface area contributed by atoms with Gasteiger partial charge in [-0.15, -0.1) is 0 Å². The van der Waals surface area contributed by atoms with Gasteiger partial charge in [-0.1, -0.05) is 11.6 Å². The maximum absolute atomic E-state index is 11.4. The van der Waals surface area contributed by atoms with E-state index < -0.39 is 5.41 Å². The lowest BCUT2D eigenvalue weighted by atomic mass is 9.89.